The number of likely N-dealkylation sites (N-methyl/N-ethyl adjacent to an activating group) is 1. The molecule has 5 amide bonds. The Morgan fingerprint density at radius 1 is 0.765 bits per heavy atom. The topological polar surface area (TPSA) is 250 Å². The van der Waals surface area contributed by atoms with Crippen LogP contribution in [0.1, 0.15) is 92.9 Å². The Hall–Kier alpha value is -6.62. The molecule has 1 aliphatic heterocycles. The molecule has 0 saturated carbocycles. The molecule has 16 nitrogen and oxygen atoms in total. The van der Waals surface area contributed by atoms with Crippen molar-refractivity contribution in [3.05, 3.63) is 107 Å². The number of ketones is 1. The first-order valence-electron chi connectivity index (χ1n) is 23.5. The number of ether oxygens (including phenoxy) is 2. The number of hydrogen-bond donors (Lipinski definition) is 7. The third-order valence-electron chi connectivity index (χ3n) is 12.0. The third kappa shape index (κ3) is 14.0. The number of unbranched alkanes of at least 4 members (excludes halogenated alkanes) is 2. The lowest BCUT2D eigenvalue weighted by Crippen LogP contribution is -2.56. The van der Waals surface area contributed by atoms with Crippen molar-refractivity contribution in [2.45, 2.75) is 103 Å². The average Bonchev–Trinajstić information content (AvgIpc) is 3.33. The molecule has 68 heavy (non-hydrogen) atoms. The number of Topliss-reactive ketones (excluding diaryl/α,β-unsaturated/α-hetero) is 1. The molecule has 5 rings (SSSR count). The van der Waals surface area contributed by atoms with E-state index in [-0.39, 0.29) is 44.9 Å². The zero-order valence-corrected chi connectivity index (χ0v) is 39.9. The van der Waals surface area contributed by atoms with Gasteiger partial charge in [-0.3, -0.25) is 28.8 Å². The van der Waals surface area contributed by atoms with E-state index in [1.807, 2.05) is 12.1 Å². The molecular weight excluding hydrogens is 865 g/mol. The van der Waals surface area contributed by atoms with Crippen LogP contribution in [0.25, 0.3) is 22.3 Å². The quantitative estimate of drug-likeness (QED) is 0.0586. The highest BCUT2D eigenvalue weighted by atomic mass is 16.5. The van der Waals surface area contributed by atoms with Gasteiger partial charge in [0.2, 0.25) is 23.6 Å². The summed E-state index contributed by atoms with van der Waals surface area (Å²) in [6.45, 7) is 7.60. The Labute approximate surface area is 399 Å². The van der Waals surface area contributed by atoms with Crippen molar-refractivity contribution in [1.82, 2.24) is 26.2 Å². The molecule has 4 aromatic carbocycles. The van der Waals surface area contributed by atoms with Crippen LogP contribution in [0.2, 0.25) is 0 Å². The van der Waals surface area contributed by atoms with Gasteiger partial charge in [-0.25, -0.2) is 0 Å². The van der Waals surface area contributed by atoms with E-state index in [1.54, 1.807) is 55.5 Å². The molecule has 364 valence electrons. The fourth-order valence-corrected chi connectivity index (χ4v) is 7.92. The number of nitrogens with one attached hydrogen (secondary N) is 4. The molecule has 0 spiro atoms. The second kappa shape index (κ2) is 25.5. The van der Waals surface area contributed by atoms with Gasteiger partial charge in [-0.15, -0.1) is 0 Å². The zero-order valence-electron chi connectivity index (χ0n) is 39.9. The van der Waals surface area contributed by atoms with Crippen LogP contribution in [0.15, 0.2) is 84.9 Å². The maximum Gasteiger partial charge on any atom is 0.251 e. The SMILES string of the molecule is CCCCc1ccc(-c2ccc(C(=O)N[C@@H](CCCCN)C(=O)N(C)[C@@H]3C(=O)N[C@@H](C)C(=O)N[C@H](C(=O)N[C@@H](C)C(C)=O)Cc4ccc(OCCN)c(c4)-c4cc3ccc4OCCN)cc2)cc1. The maximum absolute atomic E-state index is 14.9. The van der Waals surface area contributed by atoms with Gasteiger partial charge in [-0.05, 0) is 124 Å². The van der Waals surface area contributed by atoms with Crippen LogP contribution in [0.5, 0.6) is 11.5 Å². The Bertz CT molecular complexity index is 2370. The second-order valence-electron chi connectivity index (χ2n) is 17.2. The minimum Gasteiger partial charge on any atom is -0.492 e. The number of nitrogens with two attached hydrogens (primary N) is 3. The Morgan fingerprint density at radius 2 is 1.38 bits per heavy atom. The Balaban J connectivity index is 1.55. The van der Waals surface area contributed by atoms with E-state index in [0.29, 0.717) is 58.7 Å². The summed E-state index contributed by atoms with van der Waals surface area (Å²) in [6, 6.07) is 20.2. The molecule has 0 unspecified atom stereocenters. The van der Waals surface area contributed by atoms with Gasteiger partial charge in [0.05, 0.1) is 6.04 Å². The smallest absolute Gasteiger partial charge is 0.251 e. The minimum absolute atomic E-state index is 0.0000298. The summed E-state index contributed by atoms with van der Waals surface area (Å²) >= 11 is 0. The fraction of sp³-hybridized carbons (Fsp3) is 0.423. The first kappa shape index (κ1) is 52.4. The molecule has 4 aromatic rings. The lowest BCUT2D eigenvalue weighted by molar-refractivity contribution is -0.141. The summed E-state index contributed by atoms with van der Waals surface area (Å²) in [4.78, 5) is 84.5. The van der Waals surface area contributed by atoms with Crippen LogP contribution in [0.4, 0.5) is 0 Å². The molecule has 10 N–H and O–H groups in total. The second-order valence-corrected chi connectivity index (χ2v) is 17.2. The van der Waals surface area contributed by atoms with Gasteiger partial charge < -0.3 is 52.8 Å². The van der Waals surface area contributed by atoms with Crippen LogP contribution >= 0.6 is 0 Å². The van der Waals surface area contributed by atoms with E-state index in [1.165, 1.54) is 31.4 Å². The van der Waals surface area contributed by atoms with Gasteiger partial charge in [0.15, 0.2) is 5.78 Å². The predicted octanol–water partition coefficient (Wildman–Crippen LogP) is 4.10. The molecule has 4 bridgehead atoms. The molecule has 0 radical (unpaired) electrons. The van der Waals surface area contributed by atoms with Crippen LogP contribution in [-0.4, -0.2) is 104 Å². The van der Waals surface area contributed by atoms with E-state index in [4.69, 9.17) is 26.7 Å². The molecule has 1 heterocycles. The third-order valence-corrected chi connectivity index (χ3v) is 12.0. The Kier molecular flexibility index (Phi) is 19.6. The first-order chi connectivity index (χ1) is 32.7. The van der Waals surface area contributed by atoms with Crippen molar-refractivity contribution in [3.63, 3.8) is 0 Å². The van der Waals surface area contributed by atoms with Crippen LogP contribution in [0, 0.1) is 0 Å². The monoisotopic (exact) mass is 933 g/mol. The summed E-state index contributed by atoms with van der Waals surface area (Å²) in [5.41, 5.74) is 23.1. The number of amides is 5. The number of hydrogen-bond acceptors (Lipinski definition) is 11. The van der Waals surface area contributed by atoms with Crippen LogP contribution in [0.3, 0.4) is 0 Å². The predicted molar refractivity (Wildman–Crippen MR) is 263 cm³/mol. The fourth-order valence-electron chi connectivity index (χ4n) is 7.92. The molecule has 0 aliphatic carbocycles. The van der Waals surface area contributed by atoms with Crippen LogP contribution < -0.4 is 47.9 Å². The molecule has 16 heteroatoms. The molecule has 5 atom stereocenters. The summed E-state index contributed by atoms with van der Waals surface area (Å²) in [5.74, 6) is -2.54. The van der Waals surface area contributed by atoms with E-state index < -0.39 is 59.7 Å². The zero-order chi connectivity index (χ0) is 49.3. The molecule has 0 fully saturated rings. The Morgan fingerprint density at radius 3 is 1.99 bits per heavy atom. The summed E-state index contributed by atoms with van der Waals surface area (Å²) in [7, 11) is 1.47. The number of rotatable bonds is 21. The maximum atomic E-state index is 14.9. The number of carbonyl (C=O) groups excluding carboxylic acids is 6. The highest BCUT2D eigenvalue weighted by molar-refractivity contribution is 6.00. The molecule has 0 aromatic heterocycles. The van der Waals surface area contributed by atoms with E-state index in [2.05, 4.69) is 52.5 Å². The molecule has 0 saturated heterocycles. The summed E-state index contributed by atoms with van der Waals surface area (Å²) < 4.78 is 12.3. The van der Waals surface area contributed by atoms with Crippen molar-refractivity contribution in [2.24, 2.45) is 17.2 Å². The highest BCUT2D eigenvalue weighted by Gasteiger charge is 2.36. The number of benzene rings is 4. The lowest BCUT2D eigenvalue weighted by Gasteiger charge is -2.33. The summed E-state index contributed by atoms with van der Waals surface area (Å²) in [6.07, 6.45) is 4.56. The minimum atomic E-state index is -1.36. The first-order valence-corrected chi connectivity index (χ1v) is 23.5. The lowest BCUT2D eigenvalue weighted by atomic mass is 9.93. The van der Waals surface area contributed by atoms with Crippen molar-refractivity contribution < 1.29 is 38.2 Å². The van der Waals surface area contributed by atoms with E-state index in [9.17, 15) is 28.8 Å². The van der Waals surface area contributed by atoms with Gasteiger partial charge in [-0.1, -0.05) is 61.9 Å². The molecular formula is C52H68N8O8. The van der Waals surface area contributed by atoms with Gasteiger partial charge in [0.25, 0.3) is 5.91 Å². The number of carbonyl (C=O) groups is 6. The number of nitrogens with zero attached hydrogens (tertiary/aromatic N) is 1. The van der Waals surface area contributed by atoms with Gasteiger partial charge >= 0.3 is 0 Å². The van der Waals surface area contributed by atoms with Crippen molar-refractivity contribution in [2.75, 3.05) is 39.9 Å². The average molecular weight is 933 g/mol. The largest absolute Gasteiger partial charge is 0.492 e. The standard InChI is InChI=1S/C52H68N8O8/c1-6-7-10-35-12-15-37(16-13-35)38-17-19-39(20-18-38)49(63)58-43(11-8-9-24-53)52(66)60(5)47-40-21-23-46(68-28-26-55)42(31-40)41-29-36(14-22-45(41)67-27-25-54)30-44(50(64)56-32(2)34(4)61)59-48(62)33(3)57-51(47)65/h12-23,29,31-33,43-44,47H,6-11,24-28,30,53-55H2,1-5H3,(H,56,64)(H,57,65)(H,58,63)(H,59,62)/t32-,33-,43-,44-,47-/m0/s1. The number of fused-ring (bicyclic) bond motifs is 5. The van der Waals surface area contributed by atoms with Crippen molar-refractivity contribution in [3.8, 4) is 33.8 Å². The van der Waals surface area contributed by atoms with Crippen molar-refractivity contribution >= 4 is 35.3 Å². The van der Waals surface area contributed by atoms with Gasteiger partial charge in [0, 0.05) is 43.2 Å². The highest BCUT2D eigenvalue weighted by Crippen LogP contribution is 2.40. The number of aryl methyl sites for hydroxylation is 1. The van der Waals surface area contributed by atoms with Crippen LogP contribution in [-0.2, 0) is 36.8 Å². The van der Waals surface area contributed by atoms with Crippen molar-refractivity contribution in [1.29, 1.82) is 0 Å². The van der Waals surface area contributed by atoms with E-state index >= 15 is 0 Å². The summed E-state index contributed by atoms with van der Waals surface area (Å²) in [5, 5.41) is 11.1. The van der Waals surface area contributed by atoms with Gasteiger partial charge in [0.1, 0.15) is 48.9 Å². The molecule has 1 aliphatic rings. The van der Waals surface area contributed by atoms with E-state index in [0.717, 1.165) is 30.4 Å². The normalized spacial score (nSPS) is 16.8. The van der Waals surface area contributed by atoms with Gasteiger partial charge in [-0.2, -0.15) is 0 Å².